The Bertz CT molecular complexity index is 746. The first-order valence-electron chi connectivity index (χ1n) is 8.22. The molecule has 26 heavy (non-hydrogen) atoms. The lowest BCUT2D eigenvalue weighted by atomic mass is 10.0. The van der Waals surface area contributed by atoms with E-state index < -0.39 is 22.5 Å². The number of rotatable bonds is 6. The van der Waals surface area contributed by atoms with Gasteiger partial charge in [-0.2, -0.15) is 18.2 Å². The zero-order chi connectivity index (χ0) is 18.7. The Morgan fingerprint density at radius 1 is 1.50 bits per heavy atom. The Hall–Kier alpha value is -1.61. The van der Waals surface area contributed by atoms with Crippen LogP contribution < -0.4 is 16.2 Å². The molecule has 4 N–H and O–H groups in total. The van der Waals surface area contributed by atoms with Crippen LogP contribution in [-0.2, 0) is 30.8 Å². The average molecular weight is 390 g/mol. The fourth-order valence-corrected chi connectivity index (χ4v) is 3.24. The third-order valence-corrected chi connectivity index (χ3v) is 4.52. The van der Waals surface area contributed by atoms with Gasteiger partial charge in [-0.1, -0.05) is 0 Å². The summed E-state index contributed by atoms with van der Waals surface area (Å²) in [6.07, 6.45) is 1.58. The van der Waals surface area contributed by atoms with Gasteiger partial charge in [0.05, 0.1) is 37.0 Å². The molecule has 2 atom stereocenters. The van der Waals surface area contributed by atoms with Gasteiger partial charge in [-0.15, -0.1) is 0 Å². The number of aryl methyl sites for hydroxylation is 1. The molecule has 3 heterocycles. The zero-order valence-electron chi connectivity index (χ0n) is 14.2. The summed E-state index contributed by atoms with van der Waals surface area (Å²) in [6, 6.07) is -1.30. The van der Waals surface area contributed by atoms with Crippen molar-refractivity contribution in [1.82, 2.24) is 30.8 Å². The first-order valence-corrected chi connectivity index (χ1v) is 9.58. The van der Waals surface area contributed by atoms with Gasteiger partial charge in [0.2, 0.25) is 0 Å². The van der Waals surface area contributed by atoms with Crippen LogP contribution in [0, 0.1) is 0 Å². The van der Waals surface area contributed by atoms with Crippen LogP contribution >= 0.6 is 0 Å². The van der Waals surface area contributed by atoms with Crippen LogP contribution in [0.5, 0.6) is 0 Å². The summed E-state index contributed by atoms with van der Waals surface area (Å²) in [4.78, 5) is 17.0. The number of fused-ring (bicyclic) bond motifs is 1. The molecule has 0 saturated carbocycles. The minimum atomic E-state index is -4.65. The van der Waals surface area contributed by atoms with Crippen molar-refractivity contribution in [2.24, 2.45) is 0 Å². The van der Waals surface area contributed by atoms with E-state index in [1.807, 2.05) is 6.92 Å². The minimum absolute atomic E-state index is 0.185. The molecule has 1 amide bonds. The summed E-state index contributed by atoms with van der Waals surface area (Å²) >= 11 is 0. The molecule has 0 unspecified atom stereocenters. The highest BCUT2D eigenvalue weighted by Crippen LogP contribution is 2.28. The summed E-state index contributed by atoms with van der Waals surface area (Å²) in [7, 11) is -4.65. The van der Waals surface area contributed by atoms with Crippen molar-refractivity contribution in [2.75, 3.05) is 32.8 Å². The maximum absolute atomic E-state index is 12.7. The maximum atomic E-state index is 12.7. The number of carbonyl (C=O) groups excluding carboxylic acids is 1. The maximum Gasteiger partial charge on any atom is 0.413 e. The molecule has 1 fully saturated rings. The van der Waals surface area contributed by atoms with Crippen LogP contribution in [0.15, 0.2) is 6.33 Å². The Kier molecular flexibility index (Phi) is 5.86. The molecule has 0 radical (unpaired) electrons. The topological polar surface area (TPSA) is 147 Å². The van der Waals surface area contributed by atoms with Crippen LogP contribution in [-0.4, -0.2) is 66.3 Å². The lowest BCUT2D eigenvalue weighted by Gasteiger charge is -2.32. The summed E-state index contributed by atoms with van der Waals surface area (Å²) in [5.74, 6) is -0.238. The third-order valence-electron chi connectivity index (χ3n) is 4.22. The van der Waals surface area contributed by atoms with Gasteiger partial charge in [-0.05, 0) is 6.92 Å². The number of amides is 1. The van der Waals surface area contributed by atoms with Gasteiger partial charge in [0.15, 0.2) is 0 Å². The lowest BCUT2D eigenvalue weighted by Crippen LogP contribution is -2.53. The summed E-state index contributed by atoms with van der Waals surface area (Å²) < 4.78 is 41.6. The number of hydrogen-bond acceptors (Lipinski definition) is 9. The van der Waals surface area contributed by atoms with Crippen molar-refractivity contribution < 1.29 is 26.8 Å². The number of aromatic nitrogens is 2. The Morgan fingerprint density at radius 3 is 2.88 bits per heavy atom. The molecule has 1 aromatic rings. The van der Waals surface area contributed by atoms with Gasteiger partial charge < -0.3 is 9.30 Å². The molecule has 3 rings (SSSR count). The first-order chi connectivity index (χ1) is 12.4. The normalized spacial score (nSPS) is 24.2. The highest BCUT2D eigenvalue weighted by Gasteiger charge is 2.36. The molecule has 0 aliphatic carbocycles. The van der Waals surface area contributed by atoms with E-state index in [1.54, 1.807) is 15.9 Å². The smallest absolute Gasteiger partial charge is 0.379 e. The molecule has 2 aliphatic heterocycles. The van der Waals surface area contributed by atoms with E-state index in [1.165, 1.54) is 0 Å². The van der Waals surface area contributed by atoms with Crippen LogP contribution in [0.4, 0.5) is 0 Å². The standard InChI is InChI=1S/C13H22N6O6S/c1-2-18-8-15-10-9(17-25-26(21,22)23)7-14-11(12(10)18)13(20)16-19-3-5-24-6-4-19/h8-9,11,14,17H,2-7H2,1H3,(H,16,20)(H,21,22,23)/t9-,11-/m0/s1. The van der Waals surface area contributed by atoms with Crippen molar-refractivity contribution in [1.29, 1.82) is 0 Å². The molecule has 0 aromatic carbocycles. The highest BCUT2D eigenvalue weighted by atomic mass is 32.3. The van der Waals surface area contributed by atoms with Crippen LogP contribution in [0.25, 0.3) is 0 Å². The molecule has 0 spiro atoms. The van der Waals surface area contributed by atoms with E-state index in [2.05, 4.69) is 25.5 Å². The Morgan fingerprint density at radius 2 is 2.23 bits per heavy atom. The number of nitrogens with one attached hydrogen (secondary N) is 3. The molecule has 12 nitrogen and oxygen atoms in total. The second-order valence-corrected chi connectivity index (χ2v) is 6.92. The van der Waals surface area contributed by atoms with Gasteiger partial charge in [-0.3, -0.25) is 20.1 Å². The van der Waals surface area contributed by atoms with Crippen LogP contribution in [0.3, 0.4) is 0 Å². The number of carbonyl (C=O) groups is 1. The predicted octanol–water partition coefficient (Wildman–Crippen LogP) is -1.72. The molecule has 13 heteroatoms. The SMILES string of the molecule is CCn1cnc2c1[C@@H](C(=O)NN1CCOCC1)NC[C@@H]2NOS(=O)(=O)O. The van der Waals surface area contributed by atoms with E-state index in [4.69, 9.17) is 9.29 Å². The second kappa shape index (κ2) is 7.96. The predicted molar refractivity (Wildman–Crippen MR) is 87.7 cm³/mol. The molecule has 0 bridgehead atoms. The third kappa shape index (κ3) is 4.37. The van der Waals surface area contributed by atoms with Crippen LogP contribution in [0.2, 0.25) is 0 Å². The van der Waals surface area contributed by atoms with Gasteiger partial charge in [0.25, 0.3) is 5.91 Å². The van der Waals surface area contributed by atoms with E-state index >= 15 is 0 Å². The van der Waals surface area contributed by atoms with Gasteiger partial charge >= 0.3 is 10.4 Å². The average Bonchev–Trinajstić information content (AvgIpc) is 3.04. The van der Waals surface area contributed by atoms with E-state index in [0.717, 1.165) is 0 Å². The summed E-state index contributed by atoms with van der Waals surface area (Å²) in [5, 5.41) is 4.86. The minimum Gasteiger partial charge on any atom is -0.379 e. The van der Waals surface area contributed by atoms with Crippen molar-refractivity contribution in [3.8, 4) is 0 Å². The number of morpholine rings is 1. The van der Waals surface area contributed by atoms with E-state index in [0.29, 0.717) is 44.2 Å². The van der Waals surface area contributed by atoms with Crippen molar-refractivity contribution in [3.05, 3.63) is 17.7 Å². The fourth-order valence-electron chi connectivity index (χ4n) is 3.00. The van der Waals surface area contributed by atoms with E-state index in [9.17, 15) is 13.2 Å². The number of hydroxylamine groups is 1. The zero-order valence-corrected chi connectivity index (χ0v) is 15.0. The molecular formula is C13H22N6O6S. The number of hydrazine groups is 1. The molecule has 1 saturated heterocycles. The fraction of sp³-hybridized carbons (Fsp3) is 0.692. The van der Waals surface area contributed by atoms with Gasteiger partial charge in [-0.25, -0.2) is 9.99 Å². The quantitative estimate of drug-likeness (QED) is 0.326. The van der Waals surface area contributed by atoms with Gasteiger partial charge in [0.1, 0.15) is 6.04 Å². The monoisotopic (exact) mass is 390 g/mol. The van der Waals surface area contributed by atoms with Crippen molar-refractivity contribution >= 4 is 16.3 Å². The summed E-state index contributed by atoms with van der Waals surface area (Å²) in [5.41, 5.74) is 6.22. The largest absolute Gasteiger partial charge is 0.413 e. The Balaban J connectivity index is 1.77. The van der Waals surface area contributed by atoms with Crippen molar-refractivity contribution in [2.45, 2.75) is 25.6 Å². The number of ether oxygens (including phenoxy) is 1. The first kappa shape index (κ1) is 19.2. The number of nitrogens with zero attached hydrogens (tertiary/aromatic N) is 3. The molecule has 1 aromatic heterocycles. The van der Waals surface area contributed by atoms with E-state index in [-0.39, 0.29) is 12.5 Å². The Labute approximate surface area is 150 Å². The molecule has 2 aliphatic rings. The van der Waals surface area contributed by atoms with Gasteiger partial charge in [0, 0.05) is 26.2 Å². The highest BCUT2D eigenvalue weighted by molar-refractivity contribution is 7.80. The summed E-state index contributed by atoms with van der Waals surface area (Å²) in [6.45, 7) is 4.98. The second-order valence-electron chi connectivity index (χ2n) is 5.90. The van der Waals surface area contributed by atoms with Crippen molar-refractivity contribution in [3.63, 3.8) is 0 Å². The number of hydrogen-bond donors (Lipinski definition) is 4. The van der Waals surface area contributed by atoms with Crippen LogP contribution in [0.1, 0.15) is 30.4 Å². The molecule has 146 valence electrons. The number of imidazole rings is 1. The molecular weight excluding hydrogens is 368 g/mol. The lowest BCUT2D eigenvalue weighted by molar-refractivity contribution is -0.130.